The second-order valence-corrected chi connectivity index (χ2v) is 4.38. The minimum Gasteiger partial charge on any atom is -0.496 e. The van der Waals surface area contributed by atoms with E-state index < -0.39 is 5.97 Å². The predicted octanol–water partition coefficient (Wildman–Crippen LogP) is 1.69. The van der Waals surface area contributed by atoms with Crippen LogP contribution in [0.25, 0.3) is 6.08 Å². The molecule has 0 aliphatic heterocycles. The summed E-state index contributed by atoms with van der Waals surface area (Å²) in [6.07, 6.45) is 4.47. The molecule has 1 aromatic carbocycles. The van der Waals surface area contributed by atoms with Gasteiger partial charge in [0.15, 0.2) is 0 Å². The Balaban J connectivity index is 2.23. The van der Waals surface area contributed by atoms with Crippen LogP contribution in [-0.2, 0) is 4.79 Å². The van der Waals surface area contributed by atoms with E-state index in [0.717, 1.165) is 18.9 Å². The Bertz CT molecular complexity index is 532. The number of methoxy groups -OCH3 is 1. The predicted molar refractivity (Wildman–Crippen MR) is 70.2 cm³/mol. The van der Waals surface area contributed by atoms with E-state index in [-0.39, 0.29) is 11.9 Å². The van der Waals surface area contributed by atoms with Crippen molar-refractivity contribution >= 4 is 18.0 Å². The Morgan fingerprint density at radius 2 is 2.16 bits per heavy atom. The van der Waals surface area contributed by atoms with E-state index in [1.807, 2.05) is 0 Å². The fraction of sp³-hybridized carbons (Fsp3) is 0.286. The fourth-order valence-electron chi connectivity index (χ4n) is 1.66. The van der Waals surface area contributed by atoms with Gasteiger partial charge in [-0.05, 0) is 37.1 Å². The Morgan fingerprint density at radius 1 is 1.42 bits per heavy atom. The van der Waals surface area contributed by atoms with Gasteiger partial charge in [0.2, 0.25) is 0 Å². The van der Waals surface area contributed by atoms with Crippen molar-refractivity contribution < 1.29 is 19.4 Å². The van der Waals surface area contributed by atoms with E-state index in [9.17, 15) is 9.59 Å². The lowest BCUT2D eigenvalue weighted by atomic mass is 10.1. The van der Waals surface area contributed by atoms with Crippen molar-refractivity contribution in [2.45, 2.75) is 18.9 Å². The van der Waals surface area contributed by atoms with Crippen LogP contribution in [0, 0.1) is 0 Å². The zero-order valence-electron chi connectivity index (χ0n) is 10.6. The molecule has 0 unspecified atom stereocenters. The molecule has 0 spiro atoms. The number of rotatable bonds is 5. The molecule has 0 atom stereocenters. The van der Waals surface area contributed by atoms with Gasteiger partial charge >= 0.3 is 5.97 Å². The first-order chi connectivity index (χ1) is 9.10. The van der Waals surface area contributed by atoms with Gasteiger partial charge in [0.25, 0.3) is 5.91 Å². The van der Waals surface area contributed by atoms with E-state index >= 15 is 0 Å². The van der Waals surface area contributed by atoms with Crippen LogP contribution in [0.15, 0.2) is 24.3 Å². The number of carboxylic acids is 1. The Labute approximate surface area is 110 Å². The minimum atomic E-state index is -1.05. The maximum atomic E-state index is 11.9. The quantitative estimate of drug-likeness (QED) is 0.791. The first-order valence-electron chi connectivity index (χ1n) is 6.00. The second kappa shape index (κ2) is 5.56. The number of carboxylic acid groups (broad SMARTS) is 1. The van der Waals surface area contributed by atoms with Crippen LogP contribution in [0.2, 0.25) is 0 Å². The van der Waals surface area contributed by atoms with Crippen LogP contribution < -0.4 is 10.1 Å². The van der Waals surface area contributed by atoms with E-state index in [2.05, 4.69) is 5.32 Å². The van der Waals surface area contributed by atoms with Gasteiger partial charge in [-0.3, -0.25) is 4.79 Å². The molecule has 1 aromatic rings. The van der Waals surface area contributed by atoms with Crippen molar-refractivity contribution in [3.8, 4) is 5.75 Å². The van der Waals surface area contributed by atoms with Gasteiger partial charge in [0.1, 0.15) is 5.75 Å². The molecule has 0 heterocycles. The average molecular weight is 261 g/mol. The summed E-state index contributed by atoms with van der Waals surface area (Å²) in [6, 6.07) is 5.22. The maximum Gasteiger partial charge on any atom is 0.328 e. The highest BCUT2D eigenvalue weighted by molar-refractivity contribution is 5.96. The van der Waals surface area contributed by atoms with Crippen LogP contribution in [-0.4, -0.2) is 30.1 Å². The number of aliphatic carboxylic acids is 1. The standard InChI is InChI=1S/C14H15NO4/c1-19-12-6-2-10(14(18)15-11-4-5-11)8-9(12)3-7-13(16)17/h2-3,6-8,11H,4-5H2,1H3,(H,15,18)(H,16,17). The molecule has 0 radical (unpaired) electrons. The molecule has 0 bridgehead atoms. The maximum absolute atomic E-state index is 11.9. The molecule has 1 fully saturated rings. The summed E-state index contributed by atoms with van der Waals surface area (Å²) >= 11 is 0. The molecular weight excluding hydrogens is 246 g/mol. The topological polar surface area (TPSA) is 75.6 Å². The third kappa shape index (κ3) is 3.58. The zero-order chi connectivity index (χ0) is 13.8. The third-order valence-electron chi connectivity index (χ3n) is 2.81. The van der Waals surface area contributed by atoms with Gasteiger partial charge < -0.3 is 15.2 Å². The summed E-state index contributed by atoms with van der Waals surface area (Å²) in [5.41, 5.74) is 1.06. The number of benzene rings is 1. The van der Waals surface area contributed by atoms with Crippen molar-refractivity contribution in [3.63, 3.8) is 0 Å². The lowest BCUT2D eigenvalue weighted by Gasteiger charge is -2.08. The summed E-state index contributed by atoms with van der Waals surface area (Å²) in [5, 5.41) is 11.5. The SMILES string of the molecule is COc1ccc(C(=O)NC2CC2)cc1C=CC(=O)O. The van der Waals surface area contributed by atoms with Crippen LogP contribution in [0.1, 0.15) is 28.8 Å². The third-order valence-corrected chi connectivity index (χ3v) is 2.81. The molecule has 0 aromatic heterocycles. The average Bonchev–Trinajstić information content (AvgIpc) is 3.19. The van der Waals surface area contributed by atoms with Crippen molar-refractivity contribution in [2.75, 3.05) is 7.11 Å². The van der Waals surface area contributed by atoms with E-state index in [0.29, 0.717) is 16.9 Å². The van der Waals surface area contributed by atoms with Crippen molar-refractivity contribution in [2.24, 2.45) is 0 Å². The lowest BCUT2D eigenvalue weighted by molar-refractivity contribution is -0.131. The van der Waals surface area contributed by atoms with E-state index in [1.165, 1.54) is 13.2 Å². The van der Waals surface area contributed by atoms with Crippen LogP contribution >= 0.6 is 0 Å². The second-order valence-electron chi connectivity index (χ2n) is 4.38. The van der Waals surface area contributed by atoms with Crippen LogP contribution in [0.4, 0.5) is 0 Å². The molecule has 5 nitrogen and oxygen atoms in total. The highest BCUT2D eigenvalue weighted by atomic mass is 16.5. The largest absolute Gasteiger partial charge is 0.496 e. The molecule has 1 aliphatic carbocycles. The number of hydrogen-bond acceptors (Lipinski definition) is 3. The van der Waals surface area contributed by atoms with Crippen molar-refractivity contribution in [1.29, 1.82) is 0 Å². The monoisotopic (exact) mass is 261 g/mol. The number of ether oxygens (including phenoxy) is 1. The molecule has 1 aliphatic rings. The van der Waals surface area contributed by atoms with Gasteiger partial charge in [-0.25, -0.2) is 4.79 Å². The summed E-state index contributed by atoms with van der Waals surface area (Å²) in [5.74, 6) is -0.662. The van der Waals surface area contributed by atoms with E-state index in [4.69, 9.17) is 9.84 Å². The van der Waals surface area contributed by atoms with Gasteiger partial charge in [0.05, 0.1) is 7.11 Å². The Kier molecular flexibility index (Phi) is 3.85. The summed E-state index contributed by atoms with van der Waals surface area (Å²) < 4.78 is 5.13. The number of hydrogen-bond donors (Lipinski definition) is 2. The summed E-state index contributed by atoms with van der Waals surface area (Å²) in [4.78, 5) is 22.4. The fourth-order valence-corrected chi connectivity index (χ4v) is 1.66. The number of carbonyl (C=O) groups excluding carboxylic acids is 1. The molecule has 1 saturated carbocycles. The molecule has 5 heteroatoms. The highest BCUT2D eigenvalue weighted by Gasteiger charge is 2.23. The van der Waals surface area contributed by atoms with Crippen molar-refractivity contribution in [3.05, 3.63) is 35.4 Å². The number of amides is 1. The highest BCUT2D eigenvalue weighted by Crippen LogP contribution is 2.23. The van der Waals surface area contributed by atoms with Gasteiger partial charge in [-0.1, -0.05) is 0 Å². The first-order valence-corrected chi connectivity index (χ1v) is 6.00. The molecular formula is C14H15NO4. The number of carbonyl (C=O) groups is 2. The van der Waals surface area contributed by atoms with Crippen molar-refractivity contribution in [1.82, 2.24) is 5.32 Å². The van der Waals surface area contributed by atoms with E-state index in [1.54, 1.807) is 18.2 Å². The molecule has 2 rings (SSSR count). The van der Waals surface area contributed by atoms with Gasteiger partial charge in [0, 0.05) is 23.2 Å². The number of nitrogens with one attached hydrogen (secondary N) is 1. The molecule has 0 saturated heterocycles. The zero-order valence-corrected chi connectivity index (χ0v) is 10.6. The van der Waals surface area contributed by atoms with Gasteiger partial charge in [-0.2, -0.15) is 0 Å². The minimum absolute atomic E-state index is 0.143. The Morgan fingerprint density at radius 3 is 2.74 bits per heavy atom. The molecule has 2 N–H and O–H groups in total. The lowest BCUT2D eigenvalue weighted by Crippen LogP contribution is -2.25. The summed E-state index contributed by atoms with van der Waals surface area (Å²) in [6.45, 7) is 0. The molecule has 19 heavy (non-hydrogen) atoms. The molecule has 100 valence electrons. The van der Waals surface area contributed by atoms with Gasteiger partial charge in [-0.15, -0.1) is 0 Å². The first kappa shape index (κ1) is 13.1. The van der Waals surface area contributed by atoms with Crippen LogP contribution in [0.5, 0.6) is 5.75 Å². The Hall–Kier alpha value is -2.30. The molecule has 1 amide bonds. The smallest absolute Gasteiger partial charge is 0.328 e. The normalized spacial score (nSPS) is 14.4. The van der Waals surface area contributed by atoms with Crippen LogP contribution in [0.3, 0.4) is 0 Å². The summed E-state index contributed by atoms with van der Waals surface area (Å²) in [7, 11) is 1.50.